The van der Waals surface area contributed by atoms with E-state index in [-0.39, 0.29) is 70.3 Å². The number of halogens is 7. The van der Waals surface area contributed by atoms with Crippen molar-refractivity contribution in [2.75, 3.05) is 44.7 Å². The van der Waals surface area contributed by atoms with Crippen molar-refractivity contribution in [3.8, 4) is 16.9 Å². The number of carbonyl (C=O) groups excluding carboxylic acids is 1. The summed E-state index contributed by atoms with van der Waals surface area (Å²) in [4.78, 5) is 16.3. The average molecular weight is 532 g/mol. The number of nitrogens with zero attached hydrogens (tertiary/aromatic N) is 1. The smallest absolute Gasteiger partial charge is 0.431 e. The van der Waals surface area contributed by atoms with Gasteiger partial charge in [0, 0.05) is 48.1 Å². The van der Waals surface area contributed by atoms with Gasteiger partial charge in [0.15, 0.2) is 6.61 Å². The van der Waals surface area contributed by atoms with Gasteiger partial charge in [-0.2, -0.15) is 13.2 Å². The van der Waals surface area contributed by atoms with Gasteiger partial charge in [0.2, 0.25) is 0 Å². The maximum atomic E-state index is 15.0. The van der Waals surface area contributed by atoms with Gasteiger partial charge in [-0.05, 0) is 24.1 Å². The Morgan fingerprint density at radius 3 is 2.42 bits per heavy atom. The minimum atomic E-state index is -4.70. The second kappa shape index (κ2) is 11.2. The van der Waals surface area contributed by atoms with E-state index in [1.54, 1.807) is 4.90 Å². The van der Waals surface area contributed by atoms with Crippen LogP contribution in [0.4, 0.5) is 17.6 Å². The lowest BCUT2D eigenvalue weighted by Crippen LogP contribution is -2.43. The predicted octanol–water partition coefficient (Wildman–Crippen LogP) is 5.29. The van der Waals surface area contributed by atoms with Gasteiger partial charge < -0.3 is 19.4 Å². The summed E-state index contributed by atoms with van der Waals surface area (Å²) in [6.45, 7) is 1.29. The number of aromatic nitrogens is 1. The number of hydrogen-bond donors (Lipinski definition) is 1. The lowest BCUT2D eigenvalue weighted by molar-refractivity contribution is -0.141. The molecule has 2 heterocycles. The summed E-state index contributed by atoms with van der Waals surface area (Å²) in [5.74, 6) is -1.28. The molecule has 1 amide bonds. The Bertz CT molecular complexity index is 992. The number of amides is 1. The van der Waals surface area contributed by atoms with E-state index in [1.165, 1.54) is 6.07 Å². The fourth-order valence-corrected chi connectivity index (χ4v) is 4.25. The predicted molar refractivity (Wildman–Crippen MR) is 118 cm³/mol. The summed E-state index contributed by atoms with van der Waals surface area (Å²) in [5, 5.41) is -0.115. The van der Waals surface area contributed by atoms with E-state index in [1.807, 2.05) is 0 Å². The van der Waals surface area contributed by atoms with Crippen LogP contribution in [0.25, 0.3) is 11.1 Å². The summed E-state index contributed by atoms with van der Waals surface area (Å²) < 4.78 is 66.6. The van der Waals surface area contributed by atoms with E-state index >= 15 is 0 Å². The molecule has 0 atom stereocenters. The van der Waals surface area contributed by atoms with Crippen LogP contribution < -0.4 is 4.74 Å². The summed E-state index contributed by atoms with van der Waals surface area (Å²) in [7, 11) is 0. The van der Waals surface area contributed by atoms with Crippen molar-refractivity contribution in [3.63, 3.8) is 0 Å². The molecular formula is C21H21Cl3F4N2O3. The number of benzene rings is 1. The number of rotatable bonds is 8. The van der Waals surface area contributed by atoms with Crippen LogP contribution in [-0.4, -0.2) is 60.5 Å². The van der Waals surface area contributed by atoms with E-state index in [2.05, 4.69) is 4.98 Å². The molecule has 0 spiro atoms. The number of carbonyl (C=O) groups is 1. The molecule has 0 saturated carbocycles. The maximum Gasteiger partial charge on any atom is 0.431 e. The molecule has 1 aliphatic heterocycles. The highest BCUT2D eigenvalue weighted by Crippen LogP contribution is 2.42. The largest absolute Gasteiger partial charge is 0.482 e. The molecule has 12 heteroatoms. The van der Waals surface area contributed by atoms with Crippen molar-refractivity contribution in [3.05, 3.63) is 39.9 Å². The van der Waals surface area contributed by atoms with Gasteiger partial charge in [-0.3, -0.25) is 4.79 Å². The molecule has 1 aliphatic rings. The Hall–Kier alpha value is -1.68. The van der Waals surface area contributed by atoms with Gasteiger partial charge in [-0.25, -0.2) is 4.39 Å². The molecule has 33 heavy (non-hydrogen) atoms. The van der Waals surface area contributed by atoms with Crippen molar-refractivity contribution >= 4 is 40.7 Å². The van der Waals surface area contributed by atoms with Crippen LogP contribution in [0.15, 0.2) is 12.1 Å². The number of nitrogens with one attached hydrogen (secondary N) is 1. The van der Waals surface area contributed by atoms with Gasteiger partial charge in [-0.15, -0.1) is 23.2 Å². The Morgan fingerprint density at radius 2 is 1.82 bits per heavy atom. The van der Waals surface area contributed by atoms with Crippen molar-refractivity contribution in [2.45, 2.75) is 19.0 Å². The number of aryl methyl sites for hydroxylation is 1. The summed E-state index contributed by atoms with van der Waals surface area (Å²) in [6.07, 6.45) is -4.82. The van der Waals surface area contributed by atoms with E-state index in [0.29, 0.717) is 26.3 Å². The molecule has 182 valence electrons. The fourth-order valence-electron chi connectivity index (χ4n) is 3.66. The molecule has 3 rings (SSSR count). The molecule has 0 radical (unpaired) electrons. The molecule has 1 N–H and O–H groups in total. The summed E-state index contributed by atoms with van der Waals surface area (Å²) >= 11 is 17.6. The highest BCUT2D eigenvalue weighted by molar-refractivity contribution is 6.32. The molecule has 1 fully saturated rings. The van der Waals surface area contributed by atoms with Gasteiger partial charge in [-0.1, -0.05) is 11.6 Å². The van der Waals surface area contributed by atoms with Gasteiger partial charge >= 0.3 is 6.18 Å². The highest BCUT2D eigenvalue weighted by Gasteiger charge is 2.38. The van der Waals surface area contributed by atoms with Crippen LogP contribution in [0, 0.1) is 5.82 Å². The van der Waals surface area contributed by atoms with E-state index in [9.17, 15) is 22.4 Å². The fraction of sp³-hybridized carbons (Fsp3) is 0.476. The molecule has 5 nitrogen and oxygen atoms in total. The maximum absolute atomic E-state index is 15.0. The number of H-pyrrole nitrogens is 1. The molecule has 0 unspecified atom stereocenters. The summed E-state index contributed by atoms with van der Waals surface area (Å²) in [6, 6.07) is 2.14. The van der Waals surface area contributed by atoms with Crippen molar-refractivity contribution in [1.82, 2.24) is 9.88 Å². The number of morpholine rings is 1. The van der Waals surface area contributed by atoms with E-state index in [0.717, 1.165) is 6.07 Å². The zero-order valence-corrected chi connectivity index (χ0v) is 19.6. The SMILES string of the molecule is O=C(COc1cc(-c2c(CCCl)[nH]c(C(F)(F)F)c2CCCl)c(F)cc1Cl)N1CCOCC1. The average Bonchev–Trinajstić information content (AvgIpc) is 3.12. The van der Waals surface area contributed by atoms with Crippen LogP contribution in [-0.2, 0) is 28.5 Å². The zero-order chi connectivity index (χ0) is 24.2. The highest BCUT2D eigenvalue weighted by atomic mass is 35.5. The van der Waals surface area contributed by atoms with Crippen LogP contribution in [0.1, 0.15) is 17.0 Å². The molecule has 2 aromatic rings. The normalized spacial score (nSPS) is 14.6. The Morgan fingerprint density at radius 1 is 1.15 bits per heavy atom. The molecule has 0 aliphatic carbocycles. The first-order chi connectivity index (χ1) is 15.7. The summed E-state index contributed by atoms with van der Waals surface area (Å²) in [5.41, 5.74) is -1.19. The lowest BCUT2D eigenvalue weighted by Gasteiger charge is -2.26. The molecule has 1 aromatic carbocycles. The number of alkyl halides is 5. The number of hydrogen-bond acceptors (Lipinski definition) is 3. The van der Waals surface area contributed by atoms with Gasteiger partial charge in [0.05, 0.1) is 18.2 Å². The number of ether oxygens (including phenoxy) is 2. The molecule has 1 saturated heterocycles. The quantitative estimate of drug-likeness (QED) is 0.372. The van der Waals surface area contributed by atoms with Crippen molar-refractivity contribution < 1.29 is 31.8 Å². The monoisotopic (exact) mass is 530 g/mol. The second-order valence-corrected chi connectivity index (χ2v) is 8.42. The molecular weight excluding hydrogens is 511 g/mol. The standard InChI is InChI=1S/C21H21Cl3F4N2O3/c22-3-1-12-19(16(2-4-23)29-20(12)21(26,27)28)13-9-17(14(24)10-15(13)25)33-11-18(31)30-5-7-32-8-6-30/h9-10,29H,1-8,11H2. The first kappa shape index (κ1) is 25.9. The van der Waals surface area contributed by atoms with Crippen LogP contribution in [0.2, 0.25) is 5.02 Å². The van der Waals surface area contributed by atoms with E-state index in [4.69, 9.17) is 44.3 Å². The van der Waals surface area contributed by atoms with Crippen LogP contribution in [0.3, 0.4) is 0 Å². The third-order valence-electron chi connectivity index (χ3n) is 5.16. The molecule has 1 aromatic heterocycles. The Kier molecular flexibility index (Phi) is 8.77. The second-order valence-electron chi connectivity index (χ2n) is 7.25. The van der Waals surface area contributed by atoms with E-state index < -0.39 is 17.7 Å². The van der Waals surface area contributed by atoms with Crippen molar-refractivity contribution in [1.29, 1.82) is 0 Å². The van der Waals surface area contributed by atoms with Gasteiger partial charge in [0.1, 0.15) is 17.3 Å². The number of aromatic amines is 1. The lowest BCUT2D eigenvalue weighted by atomic mass is 9.96. The van der Waals surface area contributed by atoms with Crippen molar-refractivity contribution in [2.24, 2.45) is 0 Å². The van der Waals surface area contributed by atoms with Gasteiger partial charge in [0.25, 0.3) is 5.91 Å². The minimum absolute atomic E-state index is 0.0116. The van der Waals surface area contributed by atoms with Crippen LogP contribution in [0.5, 0.6) is 5.75 Å². The van der Waals surface area contributed by atoms with Crippen LogP contribution >= 0.6 is 34.8 Å². The Labute approximate surface area is 202 Å². The minimum Gasteiger partial charge on any atom is -0.482 e. The Balaban J connectivity index is 2.00. The third-order valence-corrected chi connectivity index (χ3v) is 5.83. The topological polar surface area (TPSA) is 54.6 Å². The third kappa shape index (κ3) is 6.07. The first-order valence-corrected chi connectivity index (χ1v) is 11.5. The zero-order valence-electron chi connectivity index (χ0n) is 17.3. The molecule has 0 bridgehead atoms. The first-order valence-electron chi connectivity index (χ1n) is 10.1.